The molecular formula is C24H27ClN4O3. The second-order valence-electron chi connectivity index (χ2n) is 7.57. The number of nitrogens with one attached hydrogen (secondary N) is 2. The first-order chi connectivity index (χ1) is 15.6. The van der Waals surface area contributed by atoms with Crippen LogP contribution < -0.4 is 20.3 Å². The summed E-state index contributed by atoms with van der Waals surface area (Å²) in [6.07, 6.45) is 1.67. The van der Waals surface area contributed by atoms with Crippen LogP contribution in [0.5, 0.6) is 5.75 Å². The number of halogens is 1. The number of nitrogens with zero attached hydrogens (tertiary/aromatic N) is 2. The van der Waals surface area contributed by atoms with Crippen molar-refractivity contribution in [2.24, 2.45) is 0 Å². The van der Waals surface area contributed by atoms with E-state index in [0.29, 0.717) is 17.3 Å². The number of methoxy groups -OCH3 is 1. The molecule has 1 atom stereocenters. The molecule has 8 heteroatoms. The first-order valence-corrected chi connectivity index (χ1v) is 11.0. The van der Waals surface area contributed by atoms with E-state index in [2.05, 4.69) is 32.6 Å². The van der Waals surface area contributed by atoms with Gasteiger partial charge in [-0.3, -0.25) is 4.90 Å². The van der Waals surface area contributed by atoms with E-state index in [1.807, 2.05) is 36.4 Å². The zero-order chi connectivity index (χ0) is 22.3. The molecule has 1 saturated heterocycles. The number of hydrogen-bond donors (Lipinski definition) is 2. The van der Waals surface area contributed by atoms with Crippen LogP contribution in [0.3, 0.4) is 0 Å². The third-order valence-corrected chi connectivity index (χ3v) is 5.97. The summed E-state index contributed by atoms with van der Waals surface area (Å²) in [6.45, 7) is 3.90. The summed E-state index contributed by atoms with van der Waals surface area (Å²) in [7, 11) is 1.67. The van der Waals surface area contributed by atoms with Crippen molar-refractivity contribution < 1.29 is 13.9 Å². The predicted octanol–water partition coefficient (Wildman–Crippen LogP) is 4.63. The van der Waals surface area contributed by atoms with Gasteiger partial charge in [0.2, 0.25) is 0 Å². The lowest BCUT2D eigenvalue weighted by Crippen LogP contribution is -2.50. The second kappa shape index (κ2) is 10.4. The average Bonchev–Trinajstić information content (AvgIpc) is 3.36. The first-order valence-electron chi connectivity index (χ1n) is 10.6. The maximum Gasteiger partial charge on any atom is 0.319 e. The number of furan rings is 1. The molecule has 1 unspecified atom stereocenters. The summed E-state index contributed by atoms with van der Waals surface area (Å²) >= 11 is 6.14. The van der Waals surface area contributed by atoms with E-state index < -0.39 is 0 Å². The smallest absolute Gasteiger partial charge is 0.319 e. The minimum absolute atomic E-state index is 0.0555. The Morgan fingerprint density at radius 1 is 1.06 bits per heavy atom. The van der Waals surface area contributed by atoms with Crippen LogP contribution in [0.1, 0.15) is 11.8 Å². The lowest BCUT2D eigenvalue weighted by atomic mass is 10.1. The van der Waals surface area contributed by atoms with Gasteiger partial charge in [0, 0.05) is 38.4 Å². The van der Waals surface area contributed by atoms with E-state index in [0.717, 1.165) is 37.7 Å². The van der Waals surface area contributed by atoms with Gasteiger partial charge in [-0.05, 0) is 48.5 Å². The third kappa shape index (κ3) is 5.36. The Bertz CT molecular complexity index is 1000. The van der Waals surface area contributed by atoms with Crippen LogP contribution in [0.25, 0.3) is 0 Å². The number of para-hydroxylation sites is 1. The highest BCUT2D eigenvalue weighted by atomic mass is 35.5. The molecule has 4 rings (SSSR count). The van der Waals surface area contributed by atoms with Gasteiger partial charge in [0.25, 0.3) is 0 Å². The van der Waals surface area contributed by atoms with Crippen molar-refractivity contribution in [2.75, 3.05) is 50.1 Å². The molecule has 7 nitrogen and oxygen atoms in total. The third-order valence-electron chi connectivity index (χ3n) is 5.64. The lowest BCUT2D eigenvalue weighted by Gasteiger charge is -2.39. The van der Waals surface area contributed by atoms with Gasteiger partial charge in [-0.25, -0.2) is 4.79 Å². The number of anilines is 2. The standard InChI is InChI=1S/C24H27ClN4O3/c1-31-19-10-8-18(9-11-19)28-12-14-29(15-13-28)22(23-7-4-16-32-23)17-26-24(30)27-21-6-3-2-5-20(21)25/h2-11,16,22H,12-15,17H2,1H3,(H2,26,27,30). The van der Waals surface area contributed by atoms with Crippen molar-refractivity contribution in [2.45, 2.75) is 6.04 Å². The number of urea groups is 1. The lowest BCUT2D eigenvalue weighted by molar-refractivity contribution is 0.162. The molecule has 2 aromatic carbocycles. The quantitative estimate of drug-likeness (QED) is 0.544. The summed E-state index contributed by atoms with van der Waals surface area (Å²) in [5, 5.41) is 6.26. The van der Waals surface area contributed by atoms with Crippen molar-refractivity contribution in [1.29, 1.82) is 0 Å². The SMILES string of the molecule is COc1ccc(N2CCN(C(CNC(=O)Nc3ccccc3Cl)c3ccco3)CC2)cc1. The van der Waals surface area contributed by atoms with E-state index in [-0.39, 0.29) is 12.1 Å². The molecule has 0 saturated carbocycles. The van der Waals surface area contributed by atoms with Gasteiger partial charge < -0.3 is 24.7 Å². The molecule has 0 bridgehead atoms. The molecular weight excluding hydrogens is 428 g/mol. The first kappa shape index (κ1) is 22.0. The van der Waals surface area contributed by atoms with E-state index in [1.54, 1.807) is 25.5 Å². The maximum absolute atomic E-state index is 12.5. The van der Waals surface area contributed by atoms with Crippen LogP contribution in [0.4, 0.5) is 16.2 Å². The van der Waals surface area contributed by atoms with Crippen LogP contribution in [0.2, 0.25) is 5.02 Å². The number of carbonyl (C=O) groups excluding carboxylic acids is 1. The number of benzene rings is 2. The van der Waals surface area contributed by atoms with E-state index >= 15 is 0 Å². The Morgan fingerprint density at radius 2 is 1.81 bits per heavy atom. The highest BCUT2D eigenvalue weighted by Gasteiger charge is 2.27. The summed E-state index contributed by atoms with van der Waals surface area (Å²) in [4.78, 5) is 17.2. The zero-order valence-corrected chi connectivity index (χ0v) is 18.7. The number of ether oxygens (including phenoxy) is 1. The highest BCUT2D eigenvalue weighted by molar-refractivity contribution is 6.33. The second-order valence-corrected chi connectivity index (χ2v) is 7.97. The molecule has 1 fully saturated rings. The van der Waals surface area contributed by atoms with Crippen molar-refractivity contribution >= 4 is 29.0 Å². The van der Waals surface area contributed by atoms with Crippen molar-refractivity contribution in [3.05, 3.63) is 77.7 Å². The Hall–Kier alpha value is -3.16. The molecule has 0 radical (unpaired) electrons. The average molecular weight is 455 g/mol. The summed E-state index contributed by atoms with van der Waals surface area (Å²) in [5.41, 5.74) is 1.76. The van der Waals surface area contributed by atoms with Gasteiger partial charge in [-0.15, -0.1) is 0 Å². The molecule has 3 aromatic rings. The number of carbonyl (C=O) groups is 1. The van der Waals surface area contributed by atoms with E-state index in [9.17, 15) is 4.79 Å². The fourth-order valence-corrected chi connectivity index (χ4v) is 4.08. The van der Waals surface area contributed by atoms with Gasteiger partial charge in [0.1, 0.15) is 11.5 Å². The van der Waals surface area contributed by atoms with Crippen LogP contribution in [0.15, 0.2) is 71.3 Å². The molecule has 0 spiro atoms. The van der Waals surface area contributed by atoms with Crippen molar-refractivity contribution in [3.63, 3.8) is 0 Å². The molecule has 1 aliphatic rings. The molecule has 0 aliphatic carbocycles. The molecule has 32 heavy (non-hydrogen) atoms. The monoisotopic (exact) mass is 454 g/mol. The van der Waals surface area contributed by atoms with Crippen LogP contribution in [0, 0.1) is 0 Å². The van der Waals surface area contributed by atoms with E-state index in [4.69, 9.17) is 20.8 Å². The molecule has 1 aromatic heterocycles. The zero-order valence-electron chi connectivity index (χ0n) is 18.0. The normalized spacial score (nSPS) is 15.2. The molecule has 2 heterocycles. The fourth-order valence-electron chi connectivity index (χ4n) is 3.89. The number of hydrogen-bond acceptors (Lipinski definition) is 5. The minimum Gasteiger partial charge on any atom is -0.497 e. The topological polar surface area (TPSA) is 70.0 Å². The summed E-state index contributed by atoms with van der Waals surface area (Å²) < 4.78 is 10.9. The molecule has 2 N–H and O–H groups in total. The Morgan fingerprint density at radius 3 is 2.47 bits per heavy atom. The van der Waals surface area contributed by atoms with Crippen molar-refractivity contribution in [1.82, 2.24) is 10.2 Å². The number of piperazine rings is 1. The summed E-state index contributed by atoms with van der Waals surface area (Å²) in [5.74, 6) is 1.69. The Labute approximate surface area is 192 Å². The van der Waals surface area contributed by atoms with Gasteiger partial charge in [0.15, 0.2) is 0 Å². The largest absolute Gasteiger partial charge is 0.497 e. The van der Waals surface area contributed by atoms with E-state index in [1.165, 1.54) is 5.69 Å². The fraction of sp³-hybridized carbons (Fsp3) is 0.292. The van der Waals surface area contributed by atoms with Gasteiger partial charge in [-0.2, -0.15) is 0 Å². The summed E-state index contributed by atoms with van der Waals surface area (Å²) in [6, 6.07) is 18.8. The van der Waals surface area contributed by atoms with Gasteiger partial charge >= 0.3 is 6.03 Å². The van der Waals surface area contributed by atoms with Crippen LogP contribution in [-0.4, -0.2) is 50.8 Å². The van der Waals surface area contributed by atoms with Crippen LogP contribution >= 0.6 is 11.6 Å². The Kier molecular flexibility index (Phi) is 7.19. The molecule has 168 valence electrons. The van der Waals surface area contributed by atoms with Gasteiger partial charge in [0.05, 0.1) is 30.1 Å². The number of amides is 2. The predicted molar refractivity (Wildman–Crippen MR) is 127 cm³/mol. The maximum atomic E-state index is 12.5. The molecule has 2 amide bonds. The highest BCUT2D eigenvalue weighted by Crippen LogP contribution is 2.26. The number of rotatable bonds is 7. The van der Waals surface area contributed by atoms with Crippen molar-refractivity contribution in [3.8, 4) is 5.75 Å². The molecule has 1 aliphatic heterocycles. The Balaban J connectivity index is 1.36. The van der Waals surface area contributed by atoms with Gasteiger partial charge in [-0.1, -0.05) is 23.7 Å². The minimum atomic E-state index is -0.300. The van der Waals surface area contributed by atoms with Crippen LogP contribution in [-0.2, 0) is 0 Å².